The molecule has 0 spiro atoms. The number of morpholine rings is 1. The van der Waals surface area contributed by atoms with Crippen molar-refractivity contribution in [3.8, 4) is 0 Å². The maximum atomic E-state index is 12.8. The maximum Gasteiger partial charge on any atom is 0.251 e. The van der Waals surface area contributed by atoms with Gasteiger partial charge in [0, 0.05) is 36.2 Å². The van der Waals surface area contributed by atoms with Gasteiger partial charge in [-0.05, 0) is 39.3 Å². The lowest BCUT2D eigenvalue weighted by Gasteiger charge is -2.31. The van der Waals surface area contributed by atoms with E-state index in [1.54, 1.807) is 18.5 Å². The molecule has 2 N–H and O–H groups in total. The summed E-state index contributed by atoms with van der Waals surface area (Å²) in [6.45, 7) is 8.28. The summed E-state index contributed by atoms with van der Waals surface area (Å²) in [6.07, 6.45) is 2.45. The number of nitrogens with one attached hydrogen (secondary N) is 2. The third-order valence-corrected chi connectivity index (χ3v) is 4.72. The number of carbonyl (C=O) groups excluding carboxylic acids is 2. The molecule has 1 aliphatic rings. The standard InChI is InChI=1S/C19H25N5O3/c1-11(2)24-13(4)15(12(3)23-24)9-21-19(26)18-17(22-16(25)10-27-18)14-6-5-7-20-8-14/h5-8,11,17-18H,9-10H2,1-4H3,(H,21,26)(H,22,25)/t17-,18+/m1/s1. The van der Waals surface area contributed by atoms with Gasteiger partial charge in [0.25, 0.3) is 5.91 Å². The fourth-order valence-electron chi connectivity index (χ4n) is 3.33. The van der Waals surface area contributed by atoms with Gasteiger partial charge in [-0.15, -0.1) is 0 Å². The molecule has 27 heavy (non-hydrogen) atoms. The lowest BCUT2D eigenvalue weighted by Crippen LogP contribution is -2.52. The number of carbonyl (C=O) groups is 2. The van der Waals surface area contributed by atoms with Crippen LogP contribution in [0.1, 0.15) is 48.4 Å². The third kappa shape index (κ3) is 4.00. The van der Waals surface area contributed by atoms with E-state index < -0.39 is 12.1 Å². The SMILES string of the molecule is Cc1nn(C(C)C)c(C)c1CNC(=O)[C@H]1OCC(=O)N[C@@H]1c1cccnc1. The fourth-order valence-corrected chi connectivity index (χ4v) is 3.33. The number of rotatable bonds is 5. The quantitative estimate of drug-likeness (QED) is 0.827. The van der Waals surface area contributed by atoms with Crippen LogP contribution >= 0.6 is 0 Å². The average molecular weight is 371 g/mol. The number of aryl methyl sites for hydroxylation is 1. The van der Waals surface area contributed by atoms with Crippen molar-refractivity contribution >= 4 is 11.8 Å². The molecule has 2 aromatic heterocycles. The first kappa shape index (κ1) is 19.0. The lowest BCUT2D eigenvalue weighted by molar-refractivity contribution is -0.148. The molecule has 0 saturated carbocycles. The molecular weight excluding hydrogens is 346 g/mol. The number of pyridine rings is 1. The Hall–Kier alpha value is -2.74. The molecular formula is C19H25N5O3. The number of hydrogen-bond donors (Lipinski definition) is 2. The van der Waals surface area contributed by atoms with E-state index in [1.165, 1.54) is 0 Å². The lowest BCUT2D eigenvalue weighted by atomic mass is 10.0. The molecule has 0 radical (unpaired) electrons. The highest BCUT2D eigenvalue weighted by Gasteiger charge is 2.36. The zero-order valence-electron chi connectivity index (χ0n) is 16.0. The van der Waals surface area contributed by atoms with E-state index in [-0.39, 0.29) is 24.5 Å². The largest absolute Gasteiger partial charge is 0.356 e. The van der Waals surface area contributed by atoms with Crippen LogP contribution in [0.4, 0.5) is 0 Å². The molecule has 3 heterocycles. The highest BCUT2D eigenvalue weighted by Crippen LogP contribution is 2.22. The molecule has 144 valence electrons. The molecule has 0 aliphatic carbocycles. The van der Waals surface area contributed by atoms with Gasteiger partial charge in [-0.2, -0.15) is 5.10 Å². The maximum absolute atomic E-state index is 12.8. The van der Waals surface area contributed by atoms with E-state index in [4.69, 9.17) is 4.74 Å². The van der Waals surface area contributed by atoms with Gasteiger partial charge in [0.15, 0.2) is 6.10 Å². The van der Waals surface area contributed by atoms with E-state index >= 15 is 0 Å². The van der Waals surface area contributed by atoms with Crippen molar-refractivity contribution in [2.24, 2.45) is 0 Å². The van der Waals surface area contributed by atoms with E-state index in [9.17, 15) is 9.59 Å². The van der Waals surface area contributed by atoms with Gasteiger partial charge >= 0.3 is 0 Å². The van der Waals surface area contributed by atoms with Gasteiger partial charge in [0.1, 0.15) is 6.61 Å². The van der Waals surface area contributed by atoms with Gasteiger partial charge < -0.3 is 15.4 Å². The minimum atomic E-state index is -0.812. The summed E-state index contributed by atoms with van der Waals surface area (Å²) in [5, 5.41) is 10.3. The molecule has 3 rings (SSSR count). The first-order valence-electron chi connectivity index (χ1n) is 9.01. The van der Waals surface area contributed by atoms with Crippen LogP contribution in [0.15, 0.2) is 24.5 Å². The van der Waals surface area contributed by atoms with Gasteiger partial charge in [-0.1, -0.05) is 6.07 Å². The first-order chi connectivity index (χ1) is 12.9. The zero-order valence-corrected chi connectivity index (χ0v) is 16.0. The minimum absolute atomic E-state index is 0.141. The minimum Gasteiger partial charge on any atom is -0.356 e. The van der Waals surface area contributed by atoms with E-state index in [2.05, 4.69) is 34.6 Å². The zero-order chi connectivity index (χ0) is 19.6. The number of hydrogen-bond acceptors (Lipinski definition) is 5. The second kappa shape index (κ2) is 7.87. The molecule has 2 atom stereocenters. The second-order valence-corrected chi connectivity index (χ2v) is 6.97. The predicted octanol–water partition coefficient (Wildman–Crippen LogP) is 1.35. The second-order valence-electron chi connectivity index (χ2n) is 6.97. The summed E-state index contributed by atoms with van der Waals surface area (Å²) in [7, 11) is 0. The Morgan fingerprint density at radius 3 is 2.85 bits per heavy atom. The van der Waals surface area contributed by atoms with Crippen LogP contribution in [0.25, 0.3) is 0 Å². The van der Waals surface area contributed by atoms with E-state index in [1.807, 2.05) is 24.6 Å². The van der Waals surface area contributed by atoms with Crippen molar-refractivity contribution < 1.29 is 14.3 Å². The Morgan fingerprint density at radius 1 is 1.44 bits per heavy atom. The van der Waals surface area contributed by atoms with Gasteiger partial charge in [0.2, 0.25) is 5.91 Å². The average Bonchev–Trinajstić information content (AvgIpc) is 2.94. The Morgan fingerprint density at radius 2 is 2.22 bits per heavy atom. The Kier molecular flexibility index (Phi) is 5.55. The van der Waals surface area contributed by atoms with Crippen LogP contribution in [0.2, 0.25) is 0 Å². The molecule has 2 amide bonds. The first-order valence-corrected chi connectivity index (χ1v) is 9.01. The van der Waals surface area contributed by atoms with Gasteiger partial charge in [-0.3, -0.25) is 19.3 Å². The summed E-state index contributed by atoms with van der Waals surface area (Å²) in [5.41, 5.74) is 3.65. The number of aromatic nitrogens is 3. The molecule has 0 bridgehead atoms. The Labute approximate surface area is 158 Å². The van der Waals surface area contributed by atoms with E-state index in [0.717, 1.165) is 22.5 Å². The van der Waals surface area contributed by atoms with Crippen LogP contribution < -0.4 is 10.6 Å². The summed E-state index contributed by atoms with van der Waals surface area (Å²) in [4.78, 5) is 28.6. The van der Waals surface area contributed by atoms with Crippen molar-refractivity contribution in [1.82, 2.24) is 25.4 Å². The predicted molar refractivity (Wildman–Crippen MR) is 98.8 cm³/mol. The number of nitrogens with zero attached hydrogens (tertiary/aromatic N) is 3. The topological polar surface area (TPSA) is 98.1 Å². The van der Waals surface area contributed by atoms with E-state index in [0.29, 0.717) is 6.54 Å². The molecule has 8 heteroatoms. The van der Waals surface area contributed by atoms with Gasteiger partial charge in [-0.25, -0.2) is 0 Å². The van der Waals surface area contributed by atoms with Gasteiger partial charge in [0.05, 0.1) is 11.7 Å². The Balaban J connectivity index is 1.74. The highest BCUT2D eigenvalue weighted by molar-refractivity contribution is 5.86. The summed E-state index contributed by atoms with van der Waals surface area (Å²) in [6, 6.07) is 3.26. The summed E-state index contributed by atoms with van der Waals surface area (Å²) < 4.78 is 7.49. The van der Waals surface area contributed by atoms with Crippen LogP contribution in [0, 0.1) is 13.8 Å². The number of ether oxygens (including phenoxy) is 1. The summed E-state index contributed by atoms with van der Waals surface area (Å²) >= 11 is 0. The van der Waals surface area contributed by atoms with Crippen molar-refractivity contribution in [1.29, 1.82) is 0 Å². The molecule has 0 unspecified atom stereocenters. The molecule has 1 fully saturated rings. The molecule has 0 aromatic carbocycles. The van der Waals surface area contributed by atoms with Crippen molar-refractivity contribution in [3.05, 3.63) is 47.0 Å². The molecule has 1 aliphatic heterocycles. The van der Waals surface area contributed by atoms with Crippen molar-refractivity contribution in [3.63, 3.8) is 0 Å². The van der Waals surface area contributed by atoms with Crippen LogP contribution in [0.3, 0.4) is 0 Å². The summed E-state index contributed by atoms with van der Waals surface area (Å²) in [5.74, 6) is -0.530. The highest BCUT2D eigenvalue weighted by atomic mass is 16.5. The fraction of sp³-hybridized carbons (Fsp3) is 0.474. The normalized spacial score (nSPS) is 19.8. The molecule has 2 aromatic rings. The molecule has 1 saturated heterocycles. The van der Waals surface area contributed by atoms with Crippen molar-refractivity contribution in [2.45, 2.75) is 52.4 Å². The number of amides is 2. The molecule has 8 nitrogen and oxygen atoms in total. The van der Waals surface area contributed by atoms with Crippen LogP contribution in [-0.2, 0) is 20.9 Å². The Bertz CT molecular complexity index is 831. The monoisotopic (exact) mass is 371 g/mol. The smallest absolute Gasteiger partial charge is 0.251 e. The van der Waals surface area contributed by atoms with Crippen LogP contribution in [-0.4, -0.2) is 39.3 Å². The van der Waals surface area contributed by atoms with Crippen LogP contribution in [0.5, 0.6) is 0 Å². The van der Waals surface area contributed by atoms with Crippen molar-refractivity contribution in [2.75, 3.05) is 6.61 Å². The third-order valence-electron chi connectivity index (χ3n) is 4.72.